The molecule has 6 heterocycles. The summed E-state index contributed by atoms with van der Waals surface area (Å²) in [4.78, 5) is 52.7. The number of benzene rings is 1. The number of carbonyl (C=O) groups is 2. The van der Waals surface area contributed by atoms with Gasteiger partial charge in [0.25, 0.3) is 11.8 Å². The summed E-state index contributed by atoms with van der Waals surface area (Å²) in [6.45, 7) is 12.9. The number of aromatic hydroxyl groups is 2. The van der Waals surface area contributed by atoms with Crippen LogP contribution in [0.5, 0.6) is 11.5 Å². The predicted molar refractivity (Wildman–Crippen MR) is 187 cm³/mol. The normalized spacial score (nSPS) is 26.4. The zero-order valence-corrected chi connectivity index (χ0v) is 29.7. The lowest BCUT2D eigenvalue weighted by Crippen LogP contribution is -2.71. The second-order valence-corrected chi connectivity index (χ2v) is 16.1. The van der Waals surface area contributed by atoms with Gasteiger partial charge in [0, 0.05) is 46.8 Å². The minimum absolute atomic E-state index is 0.0264. The molecule has 0 aliphatic carbocycles. The topological polar surface area (TPSA) is 185 Å². The van der Waals surface area contributed by atoms with Crippen LogP contribution in [0.15, 0.2) is 38.7 Å². The Labute approximate surface area is 291 Å². The van der Waals surface area contributed by atoms with Crippen LogP contribution in [0.2, 0.25) is 0 Å². The first kappa shape index (κ1) is 33.4. The molecule has 1 aromatic carbocycles. The van der Waals surface area contributed by atoms with Crippen LogP contribution in [0.4, 0.5) is 5.13 Å². The second kappa shape index (κ2) is 12.0. The number of piperidine rings is 1. The van der Waals surface area contributed by atoms with Crippen LogP contribution in [0, 0.1) is 5.92 Å². The number of nitrogen functional groups attached to an aromatic ring is 1. The highest BCUT2D eigenvalue weighted by molar-refractivity contribution is 8.01. The Morgan fingerprint density at radius 2 is 2.00 bits per heavy atom. The molecule has 3 fully saturated rings. The lowest BCUT2D eigenvalue weighted by atomic mass is 9.90. The molecule has 49 heavy (non-hydrogen) atoms. The predicted octanol–water partition coefficient (Wildman–Crippen LogP) is 2.87. The van der Waals surface area contributed by atoms with Gasteiger partial charge in [0.05, 0.1) is 24.0 Å². The van der Waals surface area contributed by atoms with Gasteiger partial charge in [-0.15, -0.1) is 23.1 Å². The fraction of sp³-hybridized carbons (Fsp3) is 0.515. The lowest BCUT2D eigenvalue weighted by Gasteiger charge is -2.54. The number of nitrogens with zero attached hydrogens (tertiary/aromatic N) is 6. The van der Waals surface area contributed by atoms with Crippen molar-refractivity contribution < 1.29 is 29.1 Å². The summed E-state index contributed by atoms with van der Waals surface area (Å²) in [7, 11) is 0. The van der Waals surface area contributed by atoms with Crippen LogP contribution in [-0.4, -0.2) is 93.8 Å². The fourth-order valence-corrected chi connectivity index (χ4v) is 9.85. The summed E-state index contributed by atoms with van der Waals surface area (Å²) in [5, 5.41) is 34.2. The van der Waals surface area contributed by atoms with Crippen LogP contribution >= 0.6 is 23.1 Å². The Bertz CT molecular complexity index is 2010. The van der Waals surface area contributed by atoms with E-state index in [2.05, 4.69) is 15.5 Å². The first-order chi connectivity index (χ1) is 23.2. The molecular formula is C33H41N8O6S2+. The summed E-state index contributed by atoms with van der Waals surface area (Å²) in [6, 6.07) is 1.96. The molecule has 14 nitrogen and oxygen atoms in total. The molecule has 0 saturated carbocycles. The van der Waals surface area contributed by atoms with E-state index in [1.807, 2.05) is 34.6 Å². The molecule has 3 aromatic rings. The Morgan fingerprint density at radius 1 is 1.24 bits per heavy atom. The zero-order valence-electron chi connectivity index (χ0n) is 28.1. The first-order valence-corrected chi connectivity index (χ1v) is 18.3. The number of aromatic nitrogens is 3. The summed E-state index contributed by atoms with van der Waals surface area (Å²) >= 11 is 2.91. The number of phenolic OH excluding ortho intramolecular Hbond substituents is 2. The number of hydrogen-bond acceptors (Lipinski definition) is 12. The van der Waals surface area contributed by atoms with Gasteiger partial charge in [-0.05, 0) is 40.2 Å². The Kier molecular flexibility index (Phi) is 8.18. The number of thioether (sulfide) groups is 1. The molecule has 0 spiro atoms. The van der Waals surface area contributed by atoms with Gasteiger partial charge >= 0.3 is 0 Å². The van der Waals surface area contributed by atoms with Crippen molar-refractivity contribution >= 4 is 56.7 Å². The molecule has 260 valence electrons. The molecule has 4 aliphatic rings. The van der Waals surface area contributed by atoms with Crippen LogP contribution in [0.1, 0.15) is 58.8 Å². The van der Waals surface area contributed by atoms with Crippen molar-refractivity contribution in [3.8, 4) is 11.5 Å². The van der Waals surface area contributed by atoms with Gasteiger partial charge in [0.1, 0.15) is 35.8 Å². The summed E-state index contributed by atoms with van der Waals surface area (Å²) in [5.41, 5.74) is 8.27. The number of aryl methyl sites for hydroxylation is 1. The number of β-lactam (4-membered cyclic amide) rings is 1. The highest BCUT2D eigenvalue weighted by Gasteiger charge is 2.59. The number of amides is 2. The Morgan fingerprint density at radius 3 is 2.69 bits per heavy atom. The molecule has 5 N–H and O–H groups in total. The van der Waals surface area contributed by atoms with E-state index < -0.39 is 17.6 Å². The van der Waals surface area contributed by atoms with Gasteiger partial charge < -0.3 is 30.6 Å². The molecule has 7 rings (SSSR count). The van der Waals surface area contributed by atoms with Gasteiger partial charge in [-0.3, -0.25) is 24.0 Å². The molecule has 2 aromatic heterocycles. The Hall–Kier alpha value is -4.15. The summed E-state index contributed by atoms with van der Waals surface area (Å²) in [6.07, 6.45) is 1.63. The number of rotatable bonds is 9. The smallest absolute Gasteiger partial charge is 0.276 e. The number of oxime groups is 1. The van der Waals surface area contributed by atoms with Gasteiger partial charge in [-0.25, -0.2) is 4.98 Å². The van der Waals surface area contributed by atoms with Crippen molar-refractivity contribution in [3.05, 3.63) is 50.4 Å². The molecule has 4 aliphatic heterocycles. The average molecular weight is 710 g/mol. The molecular weight excluding hydrogens is 669 g/mol. The maximum Gasteiger partial charge on any atom is 0.276 e. The van der Waals surface area contributed by atoms with E-state index >= 15 is 0 Å². The van der Waals surface area contributed by atoms with Gasteiger partial charge in [-0.1, -0.05) is 12.1 Å². The van der Waals surface area contributed by atoms with Crippen LogP contribution in [0.3, 0.4) is 0 Å². The number of phenols is 2. The molecule has 3 saturated heterocycles. The fourth-order valence-electron chi connectivity index (χ4n) is 7.43. The minimum atomic E-state index is -0.734. The van der Waals surface area contributed by atoms with Gasteiger partial charge in [-0.2, -0.15) is 5.10 Å². The number of nitrogens with two attached hydrogens (primary N) is 1. The molecule has 5 unspecified atom stereocenters. The van der Waals surface area contributed by atoms with Crippen LogP contribution < -0.4 is 16.5 Å². The van der Waals surface area contributed by atoms with E-state index in [-0.39, 0.29) is 39.2 Å². The van der Waals surface area contributed by atoms with E-state index in [0.717, 1.165) is 25.2 Å². The van der Waals surface area contributed by atoms with Crippen molar-refractivity contribution in [3.63, 3.8) is 0 Å². The van der Waals surface area contributed by atoms with E-state index in [1.165, 1.54) is 29.0 Å². The quantitative estimate of drug-likeness (QED) is 0.0847. The molecule has 16 heteroatoms. The number of thiazole rings is 1. The third-order valence-electron chi connectivity index (χ3n) is 10.4. The molecule has 5 atom stereocenters. The van der Waals surface area contributed by atoms with Crippen molar-refractivity contribution in [1.82, 2.24) is 25.0 Å². The third-order valence-corrected chi connectivity index (χ3v) is 12.8. The van der Waals surface area contributed by atoms with Crippen LogP contribution in [-0.2, 0) is 27.5 Å². The van der Waals surface area contributed by atoms with E-state index in [4.69, 9.17) is 15.7 Å². The summed E-state index contributed by atoms with van der Waals surface area (Å²) < 4.78 is 2.35. The van der Waals surface area contributed by atoms with Crippen LogP contribution in [0.25, 0.3) is 10.9 Å². The second-order valence-electron chi connectivity index (χ2n) is 14.0. The van der Waals surface area contributed by atoms with Gasteiger partial charge in [0.2, 0.25) is 5.43 Å². The van der Waals surface area contributed by atoms with E-state index in [0.29, 0.717) is 63.9 Å². The lowest BCUT2D eigenvalue weighted by molar-refractivity contribution is -0.929. The third kappa shape index (κ3) is 5.62. The highest BCUT2D eigenvalue weighted by Crippen LogP contribution is 2.52. The standard InChI is InChI=1S/C33H40N8O6S2/c1-6-33(4,5)47-38-25(21-15-48-32(34)35-21)29(45)36-26-30(46)40-16(3)19-13-41(9-8-17(12-41)28(19)49-31(26)40)14-20-27(44)18-10-23(42)24(43)11-22(18)39(7-2)37-20/h10-11,15,17,26,28,31H,6-9,12-14H2,1-5H3,(H4-,34,35,36,37,38,42,43,44,45)/p+1. The number of anilines is 1. The largest absolute Gasteiger partial charge is 0.504 e. The number of allylic oxidation sites excluding steroid dienone is 1. The monoisotopic (exact) mass is 709 g/mol. The Balaban J connectivity index is 1.13. The first-order valence-electron chi connectivity index (χ1n) is 16.5. The number of fused-ring (bicyclic) bond motifs is 6. The number of hydrogen-bond donors (Lipinski definition) is 4. The van der Waals surface area contributed by atoms with Gasteiger partial charge in [0.15, 0.2) is 28.0 Å². The maximum absolute atomic E-state index is 13.7. The average Bonchev–Trinajstić information content (AvgIpc) is 3.65. The minimum Gasteiger partial charge on any atom is -0.504 e. The number of carbonyl (C=O) groups excluding carboxylic acids is 2. The molecule has 0 radical (unpaired) electrons. The highest BCUT2D eigenvalue weighted by atomic mass is 32.2. The number of nitrogens with one attached hydrogen (secondary N) is 1. The van der Waals surface area contributed by atoms with Crippen molar-refractivity contribution in [2.45, 2.75) is 82.8 Å². The molecule has 2 amide bonds. The maximum atomic E-state index is 13.7. The zero-order chi connectivity index (χ0) is 35.0. The van der Waals surface area contributed by atoms with Crippen molar-refractivity contribution in [2.24, 2.45) is 11.1 Å². The molecule has 2 bridgehead atoms. The van der Waals surface area contributed by atoms with E-state index in [1.54, 1.807) is 26.7 Å². The summed E-state index contributed by atoms with van der Waals surface area (Å²) in [5.74, 6) is -1.05. The SMILES string of the molecule is CCn1nc(C[N+]23CCC(C2)C2SC4C(NC(=O)C(=NOC(C)(C)CC)c5csc(N)n5)C(=O)N4C(C)=C2C3)c(=O)c2cc(O)c(O)cc21. The van der Waals surface area contributed by atoms with Crippen molar-refractivity contribution in [2.75, 3.05) is 25.4 Å². The van der Waals surface area contributed by atoms with E-state index in [9.17, 15) is 24.6 Å². The van der Waals surface area contributed by atoms with Crippen molar-refractivity contribution in [1.29, 1.82) is 0 Å². The number of quaternary nitrogens is 1.